The summed E-state index contributed by atoms with van der Waals surface area (Å²) in [5.74, 6) is 1.15. The third kappa shape index (κ3) is 2.70. The lowest BCUT2D eigenvalue weighted by Crippen LogP contribution is -1.81. The summed E-state index contributed by atoms with van der Waals surface area (Å²) in [7, 11) is 1.65. The van der Waals surface area contributed by atoms with Crippen LogP contribution in [-0.4, -0.2) is 12.2 Å². The Kier molecular flexibility index (Phi) is 3.37. The zero-order valence-corrected chi connectivity index (χ0v) is 9.70. The van der Waals surface area contributed by atoms with Gasteiger partial charge in [0, 0.05) is 9.79 Å². The van der Waals surface area contributed by atoms with E-state index in [1.165, 1.54) is 0 Å². The summed E-state index contributed by atoms with van der Waals surface area (Å²) in [5.41, 5.74) is 0. The molecule has 2 aromatic rings. The van der Waals surface area contributed by atoms with Crippen LogP contribution in [0.1, 0.15) is 0 Å². The lowest BCUT2D eigenvalue weighted by molar-refractivity contribution is 0.414. The van der Waals surface area contributed by atoms with Crippen molar-refractivity contribution in [1.29, 1.82) is 0 Å². The highest BCUT2D eigenvalue weighted by Gasteiger charge is 1.98. The van der Waals surface area contributed by atoms with Crippen molar-refractivity contribution in [2.24, 2.45) is 0 Å². The van der Waals surface area contributed by atoms with Gasteiger partial charge < -0.3 is 9.84 Å². The average molecular weight is 232 g/mol. The van der Waals surface area contributed by atoms with Crippen LogP contribution >= 0.6 is 11.8 Å². The van der Waals surface area contributed by atoms with E-state index in [1.54, 1.807) is 31.0 Å². The van der Waals surface area contributed by atoms with Gasteiger partial charge in [-0.05, 0) is 48.5 Å². The van der Waals surface area contributed by atoms with E-state index < -0.39 is 0 Å². The maximum atomic E-state index is 9.17. The number of benzene rings is 2. The van der Waals surface area contributed by atoms with E-state index in [4.69, 9.17) is 9.84 Å². The third-order valence-electron chi connectivity index (χ3n) is 2.13. The first kappa shape index (κ1) is 10.9. The number of methoxy groups -OCH3 is 1. The Hall–Kier alpha value is -1.61. The van der Waals surface area contributed by atoms with Gasteiger partial charge in [-0.2, -0.15) is 0 Å². The van der Waals surface area contributed by atoms with Crippen LogP contribution in [0.25, 0.3) is 0 Å². The van der Waals surface area contributed by atoms with E-state index in [0.29, 0.717) is 5.75 Å². The Bertz CT molecular complexity index is 448. The van der Waals surface area contributed by atoms with E-state index in [9.17, 15) is 0 Å². The van der Waals surface area contributed by atoms with Crippen LogP contribution in [0.4, 0.5) is 0 Å². The second-order valence-corrected chi connectivity index (χ2v) is 4.42. The van der Waals surface area contributed by atoms with Crippen molar-refractivity contribution in [3.8, 4) is 11.5 Å². The Morgan fingerprint density at radius 1 is 0.875 bits per heavy atom. The molecule has 0 aliphatic carbocycles. The van der Waals surface area contributed by atoms with Gasteiger partial charge in [0.25, 0.3) is 0 Å². The first-order valence-electron chi connectivity index (χ1n) is 4.89. The first-order valence-corrected chi connectivity index (χ1v) is 5.70. The predicted molar refractivity (Wildman–Crippen MR) is 65.2 cm³/mol. The van der Waals surface area contributed by atoms with Crippen molar-refractivity contribution in [2.75, 3.05) is 7.11 Å². The van der Waals surface area contributed by atoms with Gasteiger partial charge in [0.05, 0.1) is 7.11 Å². The molecule has 0 saturated heterocycles. The Labute approximate surface area is 98.9 Å². The van der Waals surface area contributed by atoms with Crippen molar-refractivity contribution in [3.63, 3.8) is 0 Å². The van der Waals surface area contributed by atoms with Crippen LogP contribution < -0.4 is 4.74 Å². The molecule has 0 heterocycles. The summed E-state index contributed by atoms with van der Waals surface area (Å²) in [4.78, 5) is 2.24. The number of hydrogen-bond donors (Lipinski definition) is 1. The van der Waals surface area contributed by atoms with Crippen LogP contribution in [-0.2, 0) is 0 Å². The average Bonchev–Trinajstić information content (AvgIpc) is 2.33. The summed E-state index contributed by atoms with van der Waals surface area (Å²) in [6.45, 7) is 0. The fourth-order valence-corrected chi connectivity index (χ4v) is 2.11. The Morgan fingerprint density at radius 2 is 1.38 bits per heavy atom. The minimum atomic E-state index is 0.291. The molecule has 2 aromatic carbocycles. The minimum absolute atomic E-state index is 0.291. The summed E-state index contributed by atoms with van der Waals surface area (Å²) < 4.78 is 5.09. The SMILES string of the molecule is COc1ccc(Sc2ccc(O)cc2)cc1. The number of phenols is 1. The molecule has 0 aliphatic heterocycles. The van der Waals surface area contributed by atoms with Gasteiger partial charge in [-0.25, -0.2) is 0 Å². The molecule has 0 amide bonds. The summed E-state index contributed by atoms with van der Waals surface area (Å²) >= 11 is 1.65. The summed E-state index contributed by atoms with van der Waals surface area (Å²) in [6, 6.07) is 15.0. The van der Waals surface area contributed by atoms with Crippen molar-refractivity contribution in [2.45, 2.75) is 9.79 Å². The maximum absolute atomic E-state index is 9.17. The number of hydrogen-bond acceptors (Lipinski definition) is 3. The number of aromatic hydroxyl groups is 1. The largest absolute Gasteiger partial charge is 0.508 e. The van der Waals surface area contributed by atoms with E-state index in [2.05, 4.69) is 0 Å². The molecule has 0 spiro atoms. The molecule has 16 heavy (non-hydrogen) atoms. The molecule has 0 bridgehead atoms. The van der Waals surface area contributed by atoms with E-state index in [1.807, 2.05) is 36.4 Å². The third-order valence-corrected chi connectivity index (χ3v) is 3.15. The second kappa shape index (κ2) is 4.94. The van der Waals surface area contributed by atoms with Gasteiger partial charge in [0.2, 0.25) is 0 Å². The van der Waals surface area contributed by atoms with Gasteiger partial charge in [0.1, 0.15) is 11.5 Å². The molecule has 1 N–H and O–H groups in total. The molecule has 0 aliphatic rings. The van der Waals surface area contributed by atoms with Crippen molar-refractivity contribution >= 4 is 11.8 Å². The van der Waals surface area contributed by atoms with Gasteiger partial charge in [-0.3, -0.25) is 0 Å². The second-order valence-electron chi connectivity index (χ2n) is 3.27. The molecule has 3 heteroatoms. The van der Waals surface area contributed by atoms with Gasteiger partial charge in [0.15, 0.2) is 0 Å². The quantitative estimate of drug-likeness (QED) is 0.877. The molecule has 0 radical (unpaired) electrons. The smallest absolute Gasteiger partial charge is 0.118 e. The maximum Gasteiger partial charge on any atom is 0.118 e. The van der Waals surface area contributed by atoms with Crippen LogP contribution in [0, 0.1) is 0 Å². The van der Waals surface area contributed by atoms with Crippen LogP contribution in [0.5, 0.6) is 11.5 Å². The van der Waals surface area contributed by atoms with Gasteiger partial charge >= 0.3 is 0 Å². The molecule has 82 valence electrons. The fourth-order valence-electron chi connectivity index (χ4n) is 1.29. The van der Waals surface area contributed by atoms with E-state index in [-0.39, 0.29) is 0 Å². The molecular formula is C13H12O2S. The molecule has 0 saturated carbocycles. The van der Waals surface area contributed by atoms with Crippen LogP contribution in [0.15, 0.2) is 58.3 Å². The Morgan fingerprint density at radius 3 is 1.88 bits per heavy atom. The van der Waals surface area contributed by atoms with Crippen molar-refractivity contribution < 1.29 is 9.84 Å². The van der Waals surface area contributed by atoms with Gasteiger partial charge in [-0.15, -0.1) is 0 Å². The zero-order valence-electron chi connectivity index (χ0n) is 8.88. The summed E-state index contributed by atoms with van der Waals surface area (Å²) in [6.07, 6.45) is 0. The molecule has 2 rings (SSSR count). The van der Waals surface area contributed by atoms with Gasteiger partial charge in [-0.1, -0.05) is 11.8 Å². The number of phenolic OH excluding ortho intramolecular Hbond substituents is 1. The highest BCUT2D eigenvalue weighted by molar-refractivity contribution is 7.99. The highest BCUT2D eigenvalue weighted by atomic mass is 32.2. The lowest BCUT2D eigenvalue weighted by atomic mass is 10.3. The summed E-state index contributed by atoms with van der Waals surface area (Å²) in [5, 5.41) is 9.17. The monoisotopic (exact) mass is 232 g/mol. The standard InChI is InChI=1S/C13H12O2S/c1-15-11-4-8-13(9-5-11)16-12-6-2-10(14)3-7-12/h2-9,14H,1H3. The number of ether oxygens (including phenoxy) is 1. The molecular weight excluding hydrogens is 220 g/mol. The zero-order chi connectivity index (χ0) is 11.4. The normalized spacial score (nSPS) is 10.1. The number of rotatable bonds is 3. The highest BCUT2D eigenvalue weighted by Crippen LogP contribution is 2.29. The molecule has 0 unspecified atom stereocenters. The molecule has 2 nitrogen and oxygen atoms in total. The van der Waals surface area contributed by atoms with E-state index >= 15 is 0 Å². The van der Waals surface area contributed by atoms with Crippen LogP contribution in [0.3, 0.4) is 0 Å². The fraction of sp³-hybridized carbons (Fsp3) is 0.0769. The Balaban J connectivity index is 2.11. The van der Waals surface area contributed by atoms with Crippen molar-refractivity contribution in [1.82, 2.24) is 0 Å². The molecule has 0 aromatic heterocycles. The van der Waals surface area contributed by atoms with Crippen LogP contribution in [0.2, 0.25) is 0 Å². The lowest BCUT2D eigenvalue weighted by Gasteiger charge is -2.03. The molecule has 0 atom stereocenters. The van der Waals surface area contributed by atoms with E-state index in [0.717, 1.165) is 15.5 Å². The first-order chi connectivity index (χ1) is 7.78. The predicted octanol–water partition coefficient (Wildman–Crippen LogP) is 3.55. The topological polar surface area (TPSA) is 29.5 Å². The molecule has 0 fully saturated rings. The van der Waals surface area contributed by atoms with Crippen molar-refractivity contribution in [3.05, 3.63) is 48.5 Å². The minimum Gasteiger partial charge on any atom is -0.508 e.